The molecule has 0 bridgehead atoms. The molecule has 3 heterocycles. The first-order chi connectivity index (χ1) is 13.6. The summed E-state index contributed by atoms with van der Waals surface area (Å²) in [6, 6.07) is 12.5. The van der Waals surface area contributed by atoms with E-state index in [0.717, 1.165) is 40.6 Å². The molecule has 2 N–H and O–H groups in total. The van der Waals surface area contributed by atoms with E-state index in [2.05, 4.69) is 50.8 Å². The molecule has 28 heavy (non-hydrogen) atoms. The molecule has 0 saturated carbocycles. The first-order valence-corrected chi connectivity index (χ1v) is 9.40. The van der Waals surface area contributed by atoms with E-state index in [1.807, 2.05) is 37.0 Å². The Balaban J connectivity index is 1.31. The van der Waals surface area contributed by atoms with Crippen molar-refractivity contribution in [3.8, 4) is 11.1 Å². The highest BCUT2D eigenvalue weighted by Crippen LogP contribution is 2.22. The fourth-order valence-electron chi connectivity index (χ4n) is 3.40. The van der Waals surface area contributed by atoms with Gasteiger partial charge in [0.15, 0.2) is 5.65 Å². The molecule has 0 atom stereocenters. The topological polar surface area (TPSA) is 75.6 Å². The predicted molar refractivity (Wildman–Crippen MR) is 110 cm³/mol. The van der Waals surface area contributed by atoms with Crippen LogP contribution < -0.4 is 5.32 Å². The summed E-state index contributed by atoms with van der Waals surface area (Å²) in [6.07, 6.45) is 7.42. The third-order valence-electron chi connectivity index (χ3n) is 4.88. The first-order valence-electron chi connectivity index (χ1n) is 9.40. The minimum Gasteiger partial charge on any atom is -0.351 e. The molecule has 0 unspecified atom stereocenters. The van der Waals surface area contributed by atoms with E-state index < -0.39 is 0 Å². The standard InChI is InChI=1S/C22H23N5O/c1-15-10-20(27(2)14-15)22(28)23-9-3-4-16-5-7-17(8-6-16)18-11-19-13-25-26-21(19)24-12-18/h5-8,10-14H,3-4,9H2,1-2H3,(H,23,28)(H,24,25,26). The van der Waals surface area contributed by atoms with E-state index in [1.165, 1.54) is 5.56 Å². The molecule has 0 spiro atoms. The van der Waals surface area contributed by atoms with Crippen LogP contribution in [0.5, 0.6) is 0 Å². The highest BCUT2D eigenvalue weighted by Gasteiger charge is 2.09. The lowest BCUT2D eigenvalue weighted by Crippen LogP contribution is -2.26. The molecule has 4 rings (SSSR count). The number of pyridine rings is 1. The van der Waals surface area contributed by atoms with Gasteiger partial charge in [0.25, 0.3) is 5.91 Å². The van der Waals surface area contributed by atoms with Gasteiger partial charge in [-0.1, -0.05) is 24.3 Å². The van der Waals surface area contributed by atoms with Crippen LogP contribution >= 0.6 is 0 Å². The second-order valence-electron chi connectivity index (χ2n) is 7.10. The average molecular weight is 373 g/mol. The number of amides is 1. The normalized spacial score (nSPS) is 11.1. The number of benzene rings is 1. The molecule has 4 aromatic rings. The molecular weight excluding hydrogens is 350 g/mol. The van der Waals surface area contributed by atoms with Crippen molar-refractivity contribution >= 4 is 16.9 Å². The Morgan fingerprint density at radius 2 is 1.96 bits per heavy atom. The number of rotatable bonds is 6. The molecule has 0 aliphatic carbocycles. The van der Waals surface area contributed by atoms with Gasteiger partial charge >= 0.3 is 0 Å². The predicted octanol–water partition coefficient (Wildman–Crippen LogP) is 3.63. The van der Waals surface area contributed by atoms with Crippen molar-refractivity contribution in [3.05, 3.63) is 71.8 Å². The van der Waals surface area contributed by atoms with Crippen LogP contribution in [-0.2, 0) is 13.5 Å². The van der Waals surface area contributed by atoms with Crippen molar-refractivity contribution in [3.63, 3.8) is 0 Å². The number of hydrogen-bond donors (Lipinski definition) is 2. The largest absolute Gasteiger partial charge is 0.351 e. The second-order valence-corrected chi connectivity index (χ2v) is 7.10. The Hall–Kier alpha value is -3.41. The molecule has 6 heteroatoms. The SMILES string of the molecule is Cc1cc(C(=O)NCCCc2ccc(-c3cnc4[nH]ncc4c3)cc2)n(C)c1. The number of aromatic amines is 1. The van der Waals surface area contributed by atoms with Crippen LogP contribution in [0.15, 0.2) is 55.0 Å². The van der Waals surface area contributed by atoms with Gasteiger partial charge in [0.1, 0.15) is 5.69 Å². The van der Waals surface area contributed by atoms with Crippen LogP contribution in [0, 0.1) is 6.92 Å². The van der Waals surface area contributed by atoms with Crippen LogP contribution in [0.1, 0.15) is 28.0 Å². The zero-order valence-corrected chi connectivity index (χ0v) is 16.1. The summed E-state index contributed by atoms with van der Waals surface area (Å²) in [5.41, 5.74) is 6.05. The number of nitrogens with one attached hydrogen (secondary N) is 2. The minimum absolute atomic E-state index is 0.0203. The Kier molecular flexibility index (Phi) is 4.93. The summed E-state index contributed by atoms with van der Waals surface area (Å²) < 4.78 is 1.86. The van der Waals surface area contributed by atoms with Crippen molar-refractivity contribution in [1.82, 2.24) is 25.1 Å². The van der Waals surface area contributed by atoms with E-state index in [1.54, 1.807) is 6.20 Å². The van der Waals surface area contributed by atoms with Crippen molar-refractivity contribution in [1.29, 1.82) is 0 Å². The van der Waals surface area contributed by atoms with Crippen LogP contribution in [-0.4, -0.2) is 32.2 Å². The number of hydrogen-bond acceptors (Lipinski definition) is 3. The van der Waals surface area contributed by atoms with Gasteiger partial charge in [-0.15, -0.1) is 0 Å². The molecular formula is C22H23N5O. The number of fused-ring (bicyclic) bond motifs is 1. The maximum absolute atomic E-state index is 12.2. The maximum atomic E-state index is 12.2. The lowest BCUT2D eigenvalue weighted by molar-refractivity contribution is 0.0945. The zero-order chi connectivity index (χ0) is 19.5. The van der Waals surface area contributed by atoms with Crippen LogP contribution in [0.3, 0.4) is 0 Å². The van der Waals surface area contributed by atoms with Crippen molar-refractivity contribution in [2.75, 3.05) is 6.54 Å². The van der Waals surface area contributed by atoms with Gasteiger partial charge in [-0.25, -0.2) is 4.98 Å². The average Bonchev–Trinajstić information content (AvgIpc) is 3.30. The van der Waals surface area contributed by atoms with Crippen molar-refractivity contribution in [2.45, 2.75) is 19.8 Å². The van der Waals surface area contributed by atoms with Gasteiger partial charge in [0.05, 0.1) is 6.20 Å². The Bertz CT molecular complexity index is 1110. The van der Waals surface area contributed by atoms with E-state index in [0.29, 0.717) is 12.2 Å². The van der Waals surface area contributed by atoms with Crippen LogP contribution in [0.4, 0.5) is 0 Å². The van der Waals surface area contributed by atoms with Gasteiger partial charge in [0, 0.05) is 36.9 Å². The second kappa shape index (κ2) is 7.68. The van der Waals surface area contributed by atoms with Gasteiger partial charge < -0.3 is 9.88 Å². The number of aromatic nitrogens is 4. The first kappa shape index (κ1) is 18.0. The van der Waals surface area contributed by atoms with Gasteiger partial charge in [0.2, 0.25) is 0 Å². The summed E-state index contributed by atoms with van der Waals surface area (Å²) in [4.78, 5) is 16.6. The summed E-state index contributed by atoms with van der Waals surface area (Å²) >= 11 is 0. The third kappa shape index (κ3) is 3.81. The van der Waals surface area contributed by atoms with Gasteiger partial charge in [-0.3, -0.25) is 9.89 Å². The highest BCUT2D eigenvalue weighted by molar-refractivity contribution is 5.92. The fraction of sp³-hybridized carbons (Fsp3) is 0.227. The fourth-order valence-corrected chi connectivity index (χ4v) is 3.40. The minimum atomic E-state index is -0.0203. The van der Waals surface area contributed by atoms with Crippen LogP contribution in [0.2, 0.25) is 0 Å². The molecule has 3 aromatic heterocycles. The number of carbonyl (C=O) groups excluding carboxylic acids is 1. The molecule has 0 fully saturated rings. The third-order valence-corrected chi connectivity index (χ3v) is 4.88. The Morgan fingerprint density at radius 1 is 1.14 bits per heavy atom. The van der Waals surface area contributed by atoms with Crippen LogP contribution in [0.25, 0.3) is 22.2 Å². The van der Waals surface area contributed by atoms with E-state index >= 15 is 0 Å². The number of nitrogens with zero attached hydrogens (tertiary/aromatic N) is 3. The molecule has 1 aromatic carbocycles. The van der Waals surface area contributed by atoms with E-state index in [9.17, 15) is 4.79 Å². The van der Waals surface area contributed by atoms with E-state index in [4.69, 9.17) is 0 Å². The summed E-state index contributed by atoms with van der Waals surface area (Å²) in [7, 11) is 1.89. The molecule has 0 saturated heterocycles. The smallest absolute Gasteiger partial charge is 0.267 e. The maximum Gasteiger partial charge on any atom is 0.267 e. The Labute approximate surface area is 163 Å². The highest BCUT2D eigenvalue weighted by atomic mass is 16.1. The van der Waals surface area contributed by atoms with Gasteiger partial charge in [-0.05, 0) is 48.6 Å². The van der Waals surface area contributed by atoms with Gasteiger partial charge in [-0.2, -0.15) is 5.10 Å². The summed E-state index contributed by atoms with van der Waals surface area (Å²) in [5.74, 6) is -0.0203. The summed E-state index contributed by atoms with van der Waals surface area (Å²) in [6.45, 7) is 2.65. The quantitative estimate of drug-likeness (QED) is 0.507. The lowest BCUT2D eigenvalue weighted by Gasteiger charge is -2.07. The molecule has 0 radical (unpaired) electrons. The molecule has 6 nitrogen and oxygen atoms in total. The monoisotopic (exact) mass is 373 g/mol. The van der Waals surface area contributed by atoms with E-state index in [-0.39, 0.29) is 5.91 Å². The number of H-pyrrole nitrogens is 1. The molecule has 0 aliphatic heterocycles. The summed E-state index contributed by atoms with van der Waals surface area (Å²) in [5, 5.41) is 10.9. The Morgan fingerprint density at radius 3 is 2.71 bits per heavy atom. The molecule has 1 amide bonds. The molecule has 0 aliphatic rings. The number of carbonyl (C=O) groups is 1. The number of aryl methyl sites for hydroxylation is 3. The van der Waals surface area contributed by atoms with Crippen molar-refractivity contribution < 1.29 is 4.79 Å². The van der Waals surface area contributed by atoms with Crippen molar-refractivity contribution in [2.24, 2.45) is 7.05 Å². The molecule has 142 valence electrons. The lowest BCUT2D eigenvalue weighted by atomic mass is 10.0. The zero-order valence-electron chi connectivity index (χ0n) is 16.1.